The van der Waals surface area contributed by atoms with Gasteiger partial charge in [-0.15, -0.1) is 0 Å². The molecule has 0 amide bonds. The molecule has 1 rings (SSSR count). The zero-order chi connectivity index (χ0) is 14.1. The zero-order valence-electron chi connectivity index (χ0n) is 12.4. The number of unbranched alkanes of at least 4 members (excludes halogenated alkanes) is 1. The quantitative estimate of drug-likeness (QED) is 0.544. The average molecular weight is 271 g/mol. The summed E-state index contributed by atoms with van der Waals surface area (Å²) in [7, 11) is 0. The lowest BCUT2D eigenvalue weighted by molar-refractivity contribution is -0.146. The van der Waals surface area contributed by atoms with Gasteiger partial charge in [0.15, 0.2) is 0 Å². The fraction of sp³-hybridized carbons (Fsp3) is 0.933. The smallest absolute Gasteiger partial charge is 0.320 e. The molecule has 0 radical (unpaired) electrons. The Morgan fingerprint density at radius 2 is 2.05 bits per heavy atom. The SMILES string of the molecule is CCCCOC(=O)CN(CC(C)O)C1CCCCC1. The molecule has 1 saturated carbocycles. The number of carbonyl (C=O) groups is 1. The Balaban J connectivity index is 2.41. The van der Waals surface area contributed by atoms with Crippen LogP contribution in [-0.2, 0) is 9.53 Å². The molecule has 0 spiro atoms. The molecular formula is C15H29NO3. The second-order valence-corrected chi connectivity index (χ2v) is 5.64. The van der Waals surface area contributed by atoms with E-state index in [4.69, 9.17) is 4.74 Å². The van der Waals surface area contributed by atoms with Gasteiger partial charge in [-0.05, 0) is 26.2 Å². The topological polar surface area (TPSA) is 49.8 Å². The summed E-state index contributed by atoms with van der Waals surface area (Å²) >= 11 is 0. The second kappa shape index (κ2) is 9.32. The Labute approximate surface area is 117 Å². The van der Waals surface area contributed by atoms with Crippen LogP contribution in [0.5, 0.6) is 0 Å². The fourth-order valence-corrected chi connectivity index (χ4v) is 2.67. The van der Waals surface area contributed by atoms with Crippen molar-refractivity contribution in [3.05, 3.63) is 0 Å². The van der Waals surface area contributed by atoms with Gasteiger partial charge in [-0.1, -0.05) is 32.6 Å². The van der Waals surface area contributed by atoms with E-state index in [1.54, 1.807) is 6.92 Å². The molecule has 1 fully saturated rings. The number of esters is 1. The summed E-state index contributed by atoms with van der Waals surface area (Å²) in [6.07, 6.45) is 7.57. The molecule has 1 aliphatic carbocycles. The Morgan fingerprint density at radius 1 is 1.37 bits per heavy atom. The van der Waals surface area contributed by atoms with Gasteiger partial charge >= 0.3 is 5.97 Å². The number of aliphatic hydroxyl groups is 1. The van der Waals surface area contributed by atoms with E-state index >= 15 is 0 Å². The molecule has 112 valence electrons. The zero-order valence-corrected chi connectivity index (χ0v) is 12.4. The van der Waals surface area contributed by atoms with Gasteiger partial charge in [0.25, 0.3) is 0 Å². The highest BCUT2D eigenvalue weighted by molar-refractivity contribution is 5.71. The van der Waals surface area contributed by atoms with Crippen molar-refractivity contribution in [2.45, 2.75) is 70.9 Å². The first-order valence-corrected chi connectivity index (χ1v) is 7.71. The molecule has 4 heteroatoms. The van der Waals surface area contributed by atoms with Crippen LogP contribution in [0.4, 0.5) is 0 Å². The van der Waals surface area contributed by atoms with Gasteiger partial charge in [0.1, 0.15) is 0 Å². The van der Waals surface area contributed by atoms with E-state index in [1.807, 2.05) is 0 Å². The normalized spacial score (nSPS) is 18.5. The molecule has 0 aromatic heterocycles. The van der Waals surface area contributed by atoms with Crippen LogP contribution < -0.4 is 0 Å². The fourth-order valence-electron chi connectivity index (χ4n) is 2.67. The largest absolute Gasteiger partial charge is 0.465 e. The molecule has 1 N–H and O–H groups in total. The van der Waals surface area contributed by atoms with E-state index in [0.717, 1.165) is 25.7 Å². The predicted octanol–water partition coefficient (Wildman–Crippen LogP) is 2.35. The highest BCUT2D eigenvalue weighted by atomic mass is 16.5. The highest BCUT2D eigenvalue weighted by Gasteiger charge is 2.24. The third-order valence-corrected chi connectivity index (χ3v) is 3.68. The molecule has 0 heterocycles. The Hall–Kier alpha value is -0.610. The molecule has 0 aromatic carbocycles. The van der Waals surface area contributed by atoms with E-state index in [1.165, 1.54) is 19.3 Å². The summed E-state index contributed by atoms with van der Waals surface area (Å²) in [6.45, 7) is 5.25. The Bertz CT molecular complexity index is 250. The van der Waals surface area contributed by atoms with Crippen LogP contribution in [0.25, 0.3) is 0 Å². The van der Waals surface area contributed by atoms with Gasteiger partial charge < -0.3 is 9.84 Å². The van der Waals surface area contributed by atoms with E-state index in [2.05, 4.69) is 11.8 Å². The van der Waals surface area contributed by atoms with Crippen LogP contribution >= 0.6 is 0 Å². The molecule has 4 nitrogen and oxygen atoms in total. The van der Waals surface area contributed by atoms with Gasteiger partial charge in [0.2, 0.25) is 0 Å². The standard InChI is InChI=1S/C15H29NO3/c1-3-4-10-19-15(18)12-16(11-13(2)17)14-8-6-5-7-9-14/h13-14,17H,3-12H2,1-2H3. The van der Waals surface area contributed by atoms with Crippen molar-refractivity contribution in [2.24, 2.45) is 0 Å². The molecular weight excluding hydrogens is 242 g/mol. The van der Waals surface area contributed by atoms with E-state index in [9.17, 15) is 9.90 Å². The molecule has 1 aliphatic rings. The monoisotopic (exact) mass is 271 g/mol. The number of ether oxygens (including phenoxy) is 1. The maximum atomic E-state index is 11.8. The minimum atomic E-state index is -0.398. The van der Waals surface area contributed by atoms with Gasteiger partial charge in [-0.3, -0.25) is 9.69 Å². The minimum absolute atomic E-state index is 0.153. The number of hydrogen-bond acceptors (Lipinski definition) is 4. The van der Waals surface area contributed by atoms with Gasteiger partial charge in [-0.2, -0.15) is 0 Å². The van der Waals surface area contributed by atoms with Crippen molar-refractivity contribution < 1.29 is 14.6 Å². The number of nitrogens with zero attached hydrogens (tertiary/aromatic N) is 1. The van der Waals surface area contributed by atoms with Gasteiger partial charge in [-0.25, -0.2) is 0 Å². The maximum absolute atomic E-state index is 11.8. The Morgan fingerprint density at radius 3 is 2.63 bits per heavy atom. The summed E-state index contributed by atoms with van der Waals surface area (Å²) in [5.74, 6) is -0.153. The van der Waals surface area contributed by atoms with Crippen LogP contribution in [-0.4, -0.2) is 47.8 Å². The first-order chi connectivity index (χ1) is 9.13. The first-order valence-electron chi connectivity index (χ1n) is 7.71. The van der Waals surface area contributed by atoms with E-state index in [0.29, 0.717) is 25.7 Å². The third-order valence-electron chi connectivity index (χ3n) is 3.68. The van der Waals surface area contributed by atoms with Crippen molar-refractivity contribution >= 4 is 5.97 Å². The molecule has 1 unspecified atom stereocenters. The molecule has 0 bridgehead atoms. The van der Waals surface area contributed by atoms with Crippen LogP contribution in [0.3, 0.4) is 0 Å². The van der Waals surface area contributed by atoms with Crippen LogP contribution in [0.2, 0.25) is 0 Å². The lowest BCUT2D eigenvalue weighted by Crippen LogP contribution is -2.44. The Kier molecular flexibility index (Phi) is 8.07. The van der Waals surface area contributed by atoms with Crippen molar-refractivity contribution in [3.63, 3.8) is 0 Å². The molecule has 0 saturated heterocycles. The van der Waals surface area contributed by atoms with E-state index < -0.39 is 6.10 Å². The third kappa shape index (κ3) is 6.92. The lowest BCUT2D eigenvalue weighted by atomic mass is 9.94. The van der Waals surface area contributed by atoms with Gasteiger partial charge in [0.05, 0.1) is 19.3 Å². The van der Waals surface area contributed by atoms with Crippen molar-refractivity contribution in [1.29, 1.82) is 0 Å². The summed E-state index contributed by atoms with van der Waals surface area (Å²) in [5, 5.41) is 9.59. The van der Waals surface area contributed by atoms with Crippen molar-refractivity contribution in [2.75, 3.05) is 19.7 Å². The summed E-state index contributed by atoms with van der Waals surface area (Å²) in [4.78, 5) is 13.9. The van der Waals surface area contributed by atoms with E-state index in [-0.39, 0.29) is 5.97 Å². The molecule has 19 heavy (non-hydrogen) atoms. The summed E-state index contributed by atoms with van der Waals surface area (Å²) < 4.78 is 5.22. The first kappa shape index (κ1) is 16.4. The number of rotatable bonds is 8. The van der Waals surface area contributed by atoms with Crippen molar-refractivity contribution in [1.82, 2.24) is 4.90 Å². The predicted molar refractivity (Wildman–Crippen MR) is 76.0 cm³/mol. The highest BCUT2D eigenvalue weighted by Crippen LogP contribution is 2.22. The number of aliphatic hydroxyl groups excluding tert-OH is 1. The molecule has 1 atom stereocenters. The van der Waals surface area contributed by atoms with Crippen LogP contribution in [0.15, 0.2) is 0 Å². The lowest BCUT2D eigenvalue weighted by Gasteiger charge is -2.34. The van der Waals surface area contributed by atoms with Crippen LogP contribution in [0, 0.1) is 0 Å². The summed E-state index contributed by atoms with van der Waals surface area (Å²) in [6, 6.07) is 0.432. The second-order valence-electron chi connectivity index (χ2n) is 5.64. The average Bonchev–Trinajstić information content (AvgIpc) is 2.39. The van der Waals surface area contributed by atoms with Crippen molar-refractivity contribution in [3.8, 4) is 0 Å². The summed E-state index contributed by atoms with van der Waals surface area (Å²) in [5.41, 5.74) is 0. The van der Waals surface area contributed by atoms with Crippen LogP contribution in [0.1, 0.15) is 58.8 Å². The molecule has 0 aromatic rings. The molecule has 0 aliphatic heterocycles. The number of hydrogen-bond donors (Lipinski definition) is 1. The van der Waals surface area contributed by atoms with Gasteiger partial charge in [0, 0.05) is 12.6 Å². The number of carbonyl (C=O) groups excluding carboxylic acids is 1. The minimum Gasteiger partial charge on any atom is -0.465 e. The maximum Gasteiger partial charge on any atom is 0.320 e.